The molecule has 1 aromatic rings. The Balaban J connectivity index is 0. The first-order valence-electron chi connectivity index (χ1n) is 14.0. The van der Waals surface area contributed by atoms with Crippen molar-refractivity contribution < 1.29 is 0 Å². The van der Waals surface area contributed by atoms with E-state index in [1.165, 1.54) is 101 Å². The van der Waals surface area contributed by atoms with Crippen LogP contribution in [0.25, 0.3) is 0 Å². The Kier molecular flexibility index (Phi) is 27.6. The van der Waals surface area contributed by atoms with Gasteiger partial charge < -0.3 is 5.32 Å². The molecule has 0 fully saturated rings. The van der Waals surface area contributed by atoms with Crippen LogP contribution in [-0.2, 0) is 0 Å². The molecule has 192 valence electrons. The molecule has 1 aliphatic carbocycles. The van der Waals surface area contributed by atoms with Gasteiger partial charge in [0.25, 0.3) is 0 Å². The van der Waals surface area contributed by atoms with Crippen LogP contribution in [0.3, 0.4) is 0 Å². The van der Waals surface area contributed by atoms with Crippen LogP contribution in [0.4, 0.5) is 0 Å². The Hall–Kier alpha value is -1.34. The molecule has 0 radical (unpaired) electrons. The molecule has 0 saturated heterocycles. The summed E-state index contributed by atoms with van der Waals surface area (Å²) in [6.45, 7) is 19.7. The van der Waals surface area contributed by atoms with Gasteiger partial charge in [-0.2, -0.15) is 0 Å². The maximum absolute atomic E-state index is 3.28. The number of hydrogen-bond donors (Lipinski definition) is 1. The van der Waals surface area contributed by atoms with Crippen molar-refractivity contribution in [3.05, 3.63) is 58.7 Å². The molecule has 1 aliphatic rings. The fourth-order valence-electron chi connectivity index (χ4n) is 3.26. The molecule has 1 aromatic carbocycles. The van der Waals surface area contributed by atoms with Gasteiger partial charge in [0, 0.05) is 0 Å². The van der Waals surface area contributed by atoms with E-state index in [9.17, 15) is 0 Å². The maximum atomic E-state index is 3.28. The normalized spacial score (nSPS) is 16.7. The maximum Gasteiger partial charge on any atom is -0.00516 e. The van der Waals surface area contributed by atoms with Gasteiger partial charge >= 0.3 is 0 Å². The molecular formula is C32H59N. The van der Waals surface area contributed by atoms with E-state index in [-0.39, 0.29) is 0 Å². The van der Waals surface area contributed by atoms with E-state index in [1.54, 1.807) is 11.1 Å². The highest BCUT2D eigenvalue weighted by molar-refractivity contribution is 5.19. The average Bonchev–Trinajstić information content (AvgIpc) is 2.81. The second kappa shape index (κ2) is 26.9. The summed E-state index contributed by atoms with van der Waals surface area (Å²) in [7, 11) is 0. The number of aryl methyl sites for hydroxylation is 2. The molecule has 0 aromatic heterocycles. The number of allylic oxidation sites excluding steroid dienone is 4. The standard InChI is InChI=1S/C15H26.C8H10.C6H15N.C3H8/c1-3-4-10-15-11-8-6-5-7-9-14(2)12-13-15;1-7-3-5-8(2)6-4-7;1-3-5-7-6-4-2;1-3-2/h12-13H,3-11H2,1-2H3;3-6H,1-2H3;7H,3-6H2,1-2H3;3H2,1-2H3/b14-12+,15-13-;;;. The summed E-state index contributed by atoms with van der Waals surface area (Å²) < 4.78 is 0. The minimum absolute atomic E-state index is 1.17. The van der Waals surface area contributed by atoms with Crippen molar-refractivity contribution in [2.24, 2.45) is 0 Å². The smallest absolute Gasteiger partial charge is 0.00516 e. The predicted octanol–water partition coefficient (Wildman–Crippen LogP) is 10.5. The van der Waals surface area contributed by atoms with Crippen molar-refractivity contribution in [3.63, 3.8) is 0 Å². The van der Waals surface area contributed by atoms with Gasteiger partial charge in [0.05, 0.1) is 0 Å². The van der Waals surface area contributed by atoms with Gasteiger partial charge in [0.2, 0.25) is 0 Å². The van der Waals surface area contributed by atoms with Crippen molar-refractivity contribution in [2.45, 2.75) is 132 Å². The van der Waals surface area contributed by atoms with Crippen LogP contribution in [0.5, 0.6) is 0 Å². The van der Waals surface area contributed by atoms with E-state index in [4.69, 9.17) is 0 Å². The Morgan fingerprint density at radius 3 is 1.58 bits per heavy atom. The molecule has 0 amide bonds. The summed E-state index contributed by atoms with van der Waals surface area (Å²) >= 11 is 0. The SMILES string of the molecule is CCC.CCCC/C1=C/C=C(\C)CCCCCC1.CCCNCCC.Cc1ccc(C)cc1. The molecule has 2 rings (SSSR count). The zero-order valence-corrected chi connectivity index (χ0v) is 23.9. The summed E-state index contributed by atoms with van der Waals surface area (Å²) in [4.78, 5) is 0. The van der Waals surface area contributed by atoms with Gasteiger partial charge in [0.15, 0.2) is 0 Å². The second-order valence-electron chi connectivity index (χ2n) is 9.47. The molecule has 0 saturated carbocycles. The van der Waals surface area contributed by atoms with Crippen LogP contribution < -0.4 is 5.32 Å². The van der Waals surface area contributed by atoms with E-state index < -0.39 is 0 Å². The first kappa shape index (κ1) is 33.8. The molecule has 0 unspecified atom stereocenters. The topological polar surface area (TPSA) is 12.0 Å². The Labute approximate surface area is 209 Å². The van der Waals surface area contributed by atoms with Crippen LogP contribution in [0.15, 0.2) is 47.6 Å². The summed E-state index contributed by atoms with van der Waals surface area (Å²) in [6, 6.07) is 8.48. The number of rotatable bonds is 7. The number of benzene rings is 1. The van der Waals surface area contributed by atoms with Crippen LogP contribution in [-0.4, -0.2) is 13.1 Å². The zero-order chi connectivity index (χ0) is 25.2. The van der Waals surface area contributed by atoms with Crippen LogP contribution >= 0.6 is 0 Å². The highest BCUT2D eigenvalue weighted by atomic mass is 14.8. The minimum atomic E-state index is 1.17. The van der Waals surface area contributed by atoms with Gasteiger partial charge in [-0.1, -0.05) is 119 Å². The fourth-order valence-corrected chi connectivity index (χ4v) is 3.26. The second-order valence-corrected chi connectivity index (χ2v) is 9.47. The fraction of sp³-hybridized carbons (Fsp3) is 0.688. The lowest BCUT2D eigenvalue weighted by atomic mass is 9.97. The van der Waals surface area contributed by atoms with E-state index >= 15 is 0 Å². The quantitative estimate of drug-likeness (QED) is 0.401. The van der Waals surface area contributed by atoms with Crippen molar-refractivity contribution >= 4 is 0 Å². The Morgan fingerprint density at radius 2 is 1.12 bits per heavy atom. The molecule has 0 heterocycles. The third-order valence-corrected chi connectivity index (χ3v) is 5.35. The van der Waals surface area contributed by atoms with Gasteiger partial charge in [0.1, 0.15) is 0 Å². The Bertz CT molecular complexity index is 540. The van der Waals surface area contributed by atoms with Crippen molar-refractivity contribution in [1.82, 2.24) is 5.32 Å². The minimum Gasteiger partial charge on any atom is -0.317 e. The molecule has 0 atom stereocenters. The van der Waals surface area contributed by atoms with E-state index in [1.807, 2.05) is 0 Å². The number of nitrogens with one attached hydrogen (secondary N) is 1. The van der Waals surface area contributed by atoms with Crippen molar-refractivity contribution in [3.8, 4) is 0 Å². The highest BCUT2D eigenvalue weighted by Crippen LogP contribution is 2.20. The lowest BCUT2D eigenvalue weighted by molar-refractivity contribution is 0.621. The largest absolute Gasteiger partial charge is 0.317 e. The summed E-state index contributed by atoms with van der Waals surface area (Å²) in [5, 5.41) is 3.28. The van der Waals surface area contributed by atoms with E-state index in [0.717, 1.165) is 0 Å². The van der Waals surface area contributed by atoms with Gasteiger partial charge in [-0.05, 0) is 85.2 Å². The molecular weight excluding hydrogens is 398 g/mol. The molecule has 0 spiro atoms. The van der Waals surface area contributed by atoms with Gasteiger partial charge in [-0.25, -0.2) is 0 Å². The third kappa shape index (κ3) is 26.8. The van der Waals surface area contributed by atoms with E-state index in [2.05, 4.69) is 97.1 Å². The molecule has 1 nitrogen and oxygen atoms in total. The summed E-state index contributed by atoms with van der Waals surface area (Å²) in [5.74, 6) is 0. The Morgan fingerprint density at radius 1 is 0.636 bits per heavy atom. The molecule has 0 aliphatic heterocycles. The van der Waals surface area contributed by atoms with Crippen LogP contribution in [0.1, 0.15) is 130 Å². The average molecular weight is 458 g/mol. The predicted molar refractivity (Wildman–Crippen MR) is 154 cm³/mol. The van der Waals surface area contributed by atoms with Gasteiger partial charge in [-0.15, -0.1) is 0 Å². The molecule has 1 N–H and O–H groups in total. The molecule has 1 heteroatoms. The van der Waals surface area contributed by atoms with Crippen LogP contribution in [0.2, 0.25) is 0 Å². The lowest BCUT2D eigenvalue weighted by Crippen LogP contribution is -2.14. The van der Waals surface area contributed by atoms with Crippen molar-refractivity contribution in [1.29, 1.82) is 0 Å². The third-order valence-electron chi connectivity index (χ3n) is 5.35. The highest BCUT2D eigenvalue weighted by Gasteiger charge is 2.00. The lowest BCUT2D eigenvalue weighted by Gasteiger charge is -2.09. The molecule has 0 bridgehead atoms. The summed E-state index contributed by atoms with van der Waals surface area (Å²) in [5.41, 5.74) is 5.90. The van der Waals surface area contributed by atoms with Crippen molar-refractivity contribution in [2.75, 3.05) is 13.1 Å². The van der Waals surface area contributed by atoms with Crippen LogP contribution in [0, 0.1) is 13.8 Å². The summed E-state index contributed by atoms with van der Waals surface area (Å²) in [6.07, 6.45) is 20.8. The van der Waals surface area contributed by atoms with Gasteiger partial charge in [-0.3, -0.25) is 0 Å². The first-order valence-corrected chi connectivity index (χ1v) is 14.0. The first-order chi connectivity index (χ1) is 15.9. The zero-order valence-electron chi connectivity index (χ0n) is 23.9. The molecule has 33 heavy (non-hydrogen) atoms. The van der Waals surface area contributed by atoms with E-state index in [0.29, 0.717) is 0 Å². The number of hydrogen-bond acceptors (Lipinski definition) is 1. The number of unbranched alkanes of at least 4 members (excludes halogenated alkanes) is 1. The monoisotopic (exact) mass is 457 g/mol.